The quantitative estimate of drug-likeness (QED) is 0.281. The molecule has 40 heavy (non-hydrogen) atoms. The monoisotopic (exact) mass is 564 g/mol. The van der Waals surface area contributed by atoms with Crippen LogP contribution in [0.25, 0.3) is 0 Å². The maximum atomic E-state index is 11.7. The van der Waals surface area contributed by atoms with Crippen molar-refractivity contribution in [3.05, 3.63) is 11.6 Å². The predicted octanol–water partition coefficient (Wildman–Crippen LogP) is 4.18. The van der Waals surface area contributed by atoms with Gasteiger partial charge in [0.05, 0.1) is 18.8 Å². The molecule has 0 aromatic rings. The molecule has 0 spiro atoms. The van der Waals surface area contributed by atoms with Crippen molar-refractivity contribution in [3.8, 4) is 0 Å². The van der Waals surface area contributed by atoms with E-state index in [-0.39, 0.29) is 11.5 Å². The normalized spacial score (nSPS) is 49.7. The van der Waals surface area contributed by atoms with Gasteiger partial charge < -0.3 is 35.0 Å². The molecule has 0 bridgehead atoms. The standard InChI is InChI=1S/C33H56O7/c1-18(2)7-6-8-19(3)22-9-10-23-27-24(12-14-33(22,23)5)32(4)13-11-21(15-20(32)16-25(27)35)39-31-30(38)29(37)28(36)26(17-34)40-31/h16,18-19,21-31,34-38H,6-15,17H2,1-5H3/t19-,21?,22-,23?,24?,25?,26-,27?,28-,29+,30-,31-,32+,33-/m1/s1. The molecular formula is C33H56O7. The Balaban J connectivity index is 1.28. The summed E-state index contributed by atoms with van der Waals surface area (Å²) in [4.78, 5) is 0. The maximum absolute atomic E-state index is 11.7. The fraction of sp³-hybridized carbons (Fsp3) is 0.939. The first-order valence-electron chi connectivity index (χ1n) is 16.3. The number of hydrogen-bond acceptors (Lipinski definition) is 7. The summed E-state index contributed by atoms with van der Waals surface area (Å²) in [5.74, 6) is 3.59. The summed E-state index contributed by atoms with van der Waals surface area (Å²) in [7, 11) is 0. The fourth-order valence-corrected chi connectivity index (χ4v) is 10.1. The molecule has 5 aliphatic rings. The molecule has 14 atom stereocenters. The Morgan fingerprint density at radius 1 is 0.925 bits per heavy atom. The van der Waals surface area contributed by atoms with Gasteiger partial charge in [-0.3, -0.25) is 0 Å². The van der Waals surface area contributed by atoms with Crippen LogP contribution in [0, 0.1) is 46.3 Å². The van der Waals surface area contributed by atoms with Crippen LogP contribution in [0.4, 0.5) is 0 Å². The van der Waals surface area contributed by atoms with Crippen molar-refractivity contribution in [3.63, 3.8) is 0 Å². The Morgan fingerprint density at radius 2 is 1.68 bits per heavy atom. The highest BCUT2D eigenvalue weighted by atomic mass is 16.7. The van der Waals surface area contributed by atoms with Gasteiger partial charge >= 0.3 is 0 Å². The second-order valence-electron chi connectivity index (χ2n) is 15.1. The van der Waals surface area contributed by atoms with Crippen LogP contribution < -0.4 is 0 Å². The van der Waals surface area contributed by atoms with Crippen LogP contribution in [0.15, 0.2) is 11.6 Å². The molecule has 0 aromatic heterocycles. The molecule has 1 saturated heterocycles. The van der Waals surface area contributed by atoms with Gasteiger partial charge in [-0.15, -0.1) is 0 Å². The Bertz CT molecular complexity index is 905. The average molecular weight is 565 g/mol. The first kappa shape index (κ1) is 30.9. The van der Waals surface area contributed by atoms with Crippen molar-refractivity contribution in [2.24, 2.45) is 46.3 Å². The van der Waals surface area contributed by atoms with Crippen molar-refractivity contribution >= 4 is 0 Å². The summed E-state index contributed by atoms with van der Waals surface area (Å²) in [5, 5.41) is 52.0. The second-order valence-corrected chi connectivity index (χ2v) is 15.1. The highest BCUT2D eigenvalue weighted by molar-refractivity contribution is 5.28. The first-order valence-corrected chi connectivity index (χ1v) is 16.3. The van der Waals surface area contributed by atoms with Crippen LogP contribution >= 0.6 is 0 Å². The Morgan fingerprint density at radius 3 is 2.38 bits per heavy atom. The van der Waals surface area contributed by atoms with Crippen molar-refractivity contribution in [1.82, 2.24) is 0 Å². The predicted molar refractivity (Wildman–Crippen MR) is 153 cm³/mol. The van der Waals surface area contributed by atoms with Gasteiger partial charge in [-0.1, -0.05) is 65.5 Å². The van der Waals surface area contributed by atoms with E-state index in [1.807, 2.05) is 0 Å². The third-order valence-corrected chi connectivity index (χ3v) is 12.5. The number of aliphatic hydroxyl groups excluding tert-OH is 5. The number of hydrogen-bond donors (Lipinski definition) is 5. The minimum absolute atomic E-state index is 0.0292. The molecule has 0 amide bonds. The van der Waals surface area contributed by atoms with Crippen molar-refractivity contribution in [2.75, 3.05) is 6.61 Å². The van der Waals surface area contributed by atoms with Gasteiger partial charge in [0.15, 0.2) is 6.29 Å². The molecule has 1 aliphatic heterocycles. The summed E-state index contributed by atoms with van der Waals surface area (Å²) in [6.45, 7) is 11.6. The third-order valence-electron chi connectivity index (χ3n) is 12.5. The molecule has 7 nitrogen and oxygen atoms in total. The lowest BCUT2D eigenvalue weighted by Crippen LogP contribution is -2.60. The van der Waals surface area contributed by atoms with E-state index in [1.54, 1.807) is 0 Å². The molecule has 3 saturated carbocycles. The van der Waals surface area contributed by atoms with E-state index >= 15 is 0 Å². The minimum atomic E-state index is -1.44. The molecule has 5 unspecified atom stereocenters. The Labute approximate surface area is 241 Å². The lowest BCUT2D eigenvalue weighted by Gasteiger charge is -2.59. The van der Waals surface area contributed by atoms with E-state index in [2.05, 4.69) is 40.7 Å². The molecule has 0 aromatic carbocycles. The van der Waals surface area contributed by atoms with E-state index in [4.69, 9.17) is 9.47 Å². The smallest absolute Gasteiger partial charge is 0.186 e. The second kappa shape index (κ2) is 11.9. The van der Waals surface area contributed by atoms with Crippen LogP contribution in [0.5, 0.6) is 0 Å². The van der Waals surface area contributed by atoms with Gasteiger partial charge in [0.1, 0.15) is 24.4 Å². The molecule has 5 rings (SSSR count). The Kier molecular flexibility index (Phi) is 9.16. The van der Waals surface area contributed by atoms with E-state index in [1.165, 1.54) is 44.1 Å². The largest absolute Gasteiger partial charge is 0.394 e. The molecule has 5 N–H and O–H groups in total. The first-order chi connectivity index (χ1) is 18.9. The Hall–Kier alpha value is -0.540. The van der Waals surface area contributed by atoms with Crippen molar-refractivity contribution < 1.29 is 35.0 Å². The SMILES string of the molecule is CC(C)CCC[C@@H](C)[C@H]1CCC2C3C(O)C=C4CC(O[C@@H]5O[C@H](CO)[C@@H](O)[C@H](O)[C@H]5O)CC[C@]4(C)C3CC[C@@]21C. The molecule has 7 heteroatoms. The molecule has 4 fully saturated rings. The fourth-order valence-electron chi connectivity index (χ4n) is 10.1. The topological polar surface area (TPSA) is 120 Å². The zero-order valence-electron chi connectivity index (χ0n) is 25.4. The van der Waals surface area contributed by atoms with Gasteiger partial charge in [-0.25, -0.2) is 0 Å². The number of ether oxygens (including phenoxy) is 2. The summed E-state index contributed by atoms with van der Waals surface area (Å²) in [6.07, 6.45) is 6.47. The summed E-state index contributed by atoms with van der Waals surface area (Å²) in [6, 6.07) is 0. The van der Waals surface area contributed by atoms with Gasteiger partial charge in [0.25, 0.3) is 0 Å². The zero-order valence-corrected chi connectivity index (χ0v) is 25.4. The van der Waals surface area contributed by atoms with Gasteiger partial charge in [0.2, 0.25) is 0 Å². The van der Waals surface area contributed by atoms with Crippen LogP contribution in [0.2, 0.25) is 0 Å². The maximum Gasteiger partial charge on any atom is 0.186 e. The molecule has 0 radical (unpaired) electrons. The number of fused-ring (bicyclic) bond motifs is 5. The van der Waals surface area contributed by atoms with Crippen molar-refractivity contribution in [2.45, 2.75) is 142 Å². The van der Waals surface area contributed by atoms with Crippen LogP contribution in [0.1, 0.15) is 98.8 Å². The lowest BCUT2D eigenvalue weighted by molar-refractivity contribution is -0.313. The summed E-state index contributed by atoms with van der Waals surface area (Å²) in [5.41, 5.74) is 1.59. The van der Waals surface area contributed by atoms with E-state index in [9.17, 15) is 25.5 Å². The van der Waals surface area contributed by atoms with Crippen LogP contribution in [-0.2, 0) is 9.47 Å². The van der Waals surface area contributed by atoms with E-state index in [0.29, 0.717) is 29.6 Å². The zero-order chi connectivity index (χ0) is 29.0. The van der Waals surface area contributed by atoms with Crippen LogP contribution in [-0.4, -0.2) is 75.1 Å². The van der Waals surface area contributed by atoms with Gasteiger partial charge in [0, 0.05) is 0 Å². The van der Waals surface area contributed by atoms with E-state index in [0.717, 1.165) is 37.0 Å². The summed E-state index contributed by atoms with van der Waals surface area (Å²) < 4.78 is 11.8. The number of rotatable bonds is 8. The molecule has 4 aliphatic carbocycles. The molecule has 1 heterocycles. The molecular weight excluding hydrogens is 508 g/mol. The van der Waals surface area contributed by atoms with Crippen LogP contribution in [0.3, 0.4) is 0 Å². The van der Waals surface area contributed by atoms with E-state index < -0.39 is 43.4 Å². The van der Waals surface area contributed by atoms with Crippen molar-refractivity contribution in [1.29, 1.82) is 0 Å². The average Bonchev–Trinajstić information content (AvgIpc) is 3.26. The highest BCUT2D eigenvalue weighted by Crippen LogP contribution is 2.67. The third kappa shape index (κ3) is 5.35. The highest BCUT2D eigenvalue weighted by Gasteiger charge is 2.61. The molecule has 230 valence electrons. The minimum Gasteiger partial charge on any atom is -0.394 e. The summed E-state index contributed by atoms with van der Waals surface area (Å²) >= 11 is 0. The van der Waals surface area contributed by atoms with Gasteiger partial charge in [-0.05, 0) is 91.3 Å². The lowest BCUT2D eigenvalue weighted by atomic mass is 9.46. The number of aliphatic hydroxyl groups is 5. The van der Waals surface area contributed by atoms with Gasteiger partial charge in [-0.2, -0.15) is 0 Å².